The standard InChI is InChI=1S/C25H19ClF3N3O/c26-18-10-8-16(9-11-18)12-13-30-24(33)21-15-23(32-22-7-2-1-6-20(21)22)31-19-5-3-4-17(14-19)25(27,28)29/h1-11,14-15H,12-13H2,(H,30,33)(H,31,32). The number of hydrogen-bond acceptors (Lipinski definition) is 3. The van der Waals surface area contributed by atoms with Crippen LogP contribution in [0.5, 0.6) is 0 Å². The van der Waals surface area contributed by atoms with Crippen molar-refractivity contribution in [1.29, 1.82) is 0 Å². The number of rotatable bonds is 6. The zero-order chi connectivity index (χ0) is 23.4. The lowest BCUT2D eigenvalue weighted by Crippen LogP contribution is -2.26. The van der Waals surface area contributed by atoms with E-state index >= 15 is 0 Å². The van der Waals surface area contributed by atoms with Gasteiger partial charge in [0.15, 0.2) is 0 Å². The summed E-state index contributed by atoms with van der Waals surface area (Å²) in [5.74, 6) is -0.0227. The molecule has 0 aliphatic carbocycles. The number of amides is 1. The topological polar surface area (TPSA) is 54.0 Å². The van der Waals surface area contributed by atoms with Crippen LogP contribution in [0.2, 0.25) is 5.02 Å². The zero-order valence-corrected chi connectivity index (χ0v) is 18.0. The molecule has 2 N–H and O–H groups in total. The minimum Gasteiger partial charge on any atom is -0.352 e. The Hall–Kier alpha value is -3.58. The van der Waals surface area contributed by atoms with Crippen LogP contribution in [0.25, 0.3) is 10.9 Å². The molecule has 0 aliphatic rings. The van der Waals surface area contributed by atoms with E-state index < -0.39 is 11.7 Å². The van der Waals surface area contributed by atoms with Gasteiger partial charge in [0.05, 0.1) is 16.6 Å². The Morgan fingerprint density at radius 3 is 2.45 bits per heavy atom. The molecule has 33 heavy (non-hydrogen) atoms. The molecule has 1 aromatic heterocycles. The van der Waals surface area contributed by atoms with Gasteiger partial charge in [-0.3, -0.25) is 4.79 Å². The molecule has 0 bridgehead atoms. The predicted octanol–water partition coefficient (Wildman–Crippen LogP) is 6.62. The summed E-state index contributed by atoms with van der Waals surface area (Å²) in [5.41, 5.74) is 1.42. The van der Waals surface area contributed by atoms with Gasteiger partial charge in [-0.25, -0.2) is 4.98 Å². The number of halogens is 4. The van der Waals surface area contributed by atoms with Gasteiger partial charge in [0, 0.05) is 22.6 Å². The van der Waals surface area contributed by atoms with Gasteiger partial charge in [0.2, 0.25) is 0 Å². The van der Waals surface area contributed by atoms with Crippen LogP contribution in [-0.2, 0) is 12.6 Å². The number of benzene rings is 3. The first kappa shape index (κ1) is 22.6. The number of anilines is 2. The molecule has 0 saturated heterocycles. The third kappa shape index (κ3) is 5.62. The van der Waals surface area contributed by atoms with Crippen LogP contribution in [0.3, 0.4) is 0 Å². The lowest BCUT2D eigenvalue weighted by Gasteiger charge is -2.13. The van der Waals surface area contributed by atoms with E-state index in [1.54, 1.807) is 42.5 Å². The maximum Gasteiger partial charge on any atom is 0.416 e. The van der Waals surface area contributed by atoms with Crippen molar-refractivity contribution in [3.8, 4) is 0 Å². The van der Waals surface area contributed by atoms with E-state index in [4.69, 9.17) is 11.6 Å². The third-order valence-corrected chi connectivity index (χ3v) is 5.29. The molecule has 1 amide bonds. The van der Waals surface area contributed by atoms with Crippen LogP contribution < -0.4 is 10.6 Å². The highest BCUT2D eigenvalue weighted by atomic mass is 35.5. The molecule has 1 heterocycles. The second-order valence-corrected chi connectivity index (χ2v) is 7.84. The first-order chi connectivity index (χ1) is 15.8. The lowest BCUT2D eigenvalue weighted by atomic mass is 10.1. The van der Waals surface area contributed by atoms with Crippen molar-refractivity contribution in [2.45, 2.75) is 12.6 Å². The Labute approximate surface area is 193 Å². The summed E-state index contributed by atoms with van der Waals surface area (Å²) in [4.78, 5) is 17.4. The fraction of sp³-hybridized carbons (Fsp3) is 0.120. The monoisotopic (exact) mass is 469 g/mol. The number of hydrogen-bond donors (Lipinski definition) is 2. The first-order valence-corrected chi connectivity index (χ1v) is 10.5. The molecule has 0 radical (unpaired) electrons. The molecule has 0 fully saturated rings. The second-order valence-electron chi connectivity index (χ2n) is 7.41. The summed E-state index contributed by atoms with van der Waals surface area (Å²) in [6.45, 7) is 0.410. The Kier molecular flexibility index (Phi) is 6.51. The molecular weight excluding hydrogens is 451 g/mol. The van der Waals surface area contributed by atoms with Gasteiger partial charge in [0.25, 0.3) is 5.91 Å². The van der Waals surface area contributed by atoms with Crippen molar-refractivity contribution in [3.05, 3.63) is 101 Å². The molecule has 4 rings (SSSR count). The van der Waals surface area contributed by atoms with Crippen molar-refractivity contribution in [2.75, 3.05) is 11.9 Å². The summed E-state index contributed by atoms with van der Waals surface area (Å²) < 4.78 is 39.1. The van der Waals surface area contributed by atoms with Crippen LogP contribution in [-0.4, -0.2) is 17.4 Å². The Morgan fingerprint density at radius 2 is 1.70 bits per heavy atom. The first-order valence-electron chi connectivity index (χ1n) is 10.2. The van der Waals surface area contributed by atoms with Crippen LogP contribution in [0.1, 0.15) is 21.5 Å². The highest BCUT2D eigenvalue weighted by Gasteiger charge is 2.30. The highest BCUT2D eigenvalue weighted by Crippen LogP contribution is 2.31. The average molecular weight is 470 g/mol. The molecule has 4 aromatic rings. The lowest BCUT2D eigenvalue weighted by molar-refractivity contribution is -0.137. The molecule has 0 spiro atoms. The molecule has 0 saturated carbocycles. The number of aromatic nitrogens is 1. The largest absolute Gasteiger partial charge is 0.416 e. The van der Waals surface area contributed by atoms with Gasteiger partial charge in [-0.2, -0.15) is 13.2 Å². The number of fused-ring (bicyclic) bond motifs is 1. The van der Waals surface area contributed by atoms with Crippen LogP contribution >= 0.6 is 11.6 Å². The zero-order valence-electron chi connectivity index (χ0n) is 17.3. The van der Waals surface area contributed by atoms with Crippen LogP contribution in [0, 0.1) is 0 Å². The molecule has 0 atom stereocenters. The third-order valence-electron chi connectivity index (χ3n) is 5.04. The van der Waals surface area contributed by atoms with E-state index in [0.29, 0.717) is 34.5 Å². The molecular formula is C25H19ClF3N3O. The number of para-hydroxylation sites is 1. The van der Waals surface area contributed by atoms with Gasteiger partial charge < -0.3 is 10.6 Å². The van der Waals surface area contributed by atoms with Crippen molar-refractivity contribution in [1.82, 2.24) is 10.3 Å². The molecule has 8 heteroatoms. The van der Waals surface area contributed by atoms with E-state index in [-0.39, 0.29) is 17.4 Å². The van der Waals surface area contributed by atoms with E-state index in [0.717, 1.165) is 17.7 Å². The molecule has 0 aliphatic heterocycles. The summed E-state index contributed by atoms with van der Waals surface area (Å²) in [6.07, 6.45) is -3.83. The van der Waals surface area contributed by atoms with Crippen molar-refractivity contribution >= 4 is 39.9 Å². The number of alkyl halides is 3. The second kappa shape index (κ2) is 9.50. The molecule has 4 nitrogen and oxygen atoms in total. The van der Waals surface area contributed by atoms with Gasteiger partial charge in [-0.15, -0.1) is 0 Å². The van der Waals surface area contributed by atoms with Crippen molar-refractivity contribution < 1.29 is 18.0 Å². The van der Waals surface area contributed by atoms with E-state index in [1.807, 2.05) is 12.1 Å². The fourth-order valence-electron chi connectivity index (χ4n) is 3.42. The summed E-state index contributed by atoms with van der Waals surface area (Å²) in [7, 11) is 0. The van der Waals surface area contributed by atoms with Crippen LogP contribution in [0.15, 0.2) is 78.9 Å². The number of nitrogens with one attached hydrogen (secondary N) is 2. The quantitative estimate of drug-likeness (QED) is 0.333. The Bertz CT molecular complexity index is 1290. The van der Waals surface area contributed by atoms with E-state index in [1.165, 1.54) is 12.1 Å². The SMILES string of the molecule is O=C(NCCc1ccc(Cl)cc1)c1cc(Nc2cccc(C(F)(F)F)c2)nc2ccccc12. The Morgan fingerprint density at radius 1 is 0.939 bits per heavy atom. The summed E-state index contributed by atoms with van der Waals surface area (Å²) >= 11 is 5.90. The minimum absolute atomic E-state index is 0.224. The van der Waals surface area contributed by atoms with Gasteiger partial charge in [-0.1, -0.05) is 48.0 Å². The molecule has 168 valence electrons. The van der Waals surface area contributed by atoms with Gasteiger partial charge in [0.1, 0.15) is 5.82 Å². The normalized spacial score (nSPS) is 11.4. The van der Waals surface area contributed by atoms with Crippen molar-refractivity contribution in [3.63, 3.8) is 0 Å². The van der Waals surface area contributed by atoms with Gasteiger partial charge >= 0.3 is 6.18 Å². The van der Waals surface area contributed by atoms with Crippen LogP contribution in [0.4, 0.5) is 24.7 Å². The number of carbonyl (C=O) groups is 1. The summed E-state index contributed by atoms with van der Waals surface area (Å²) in [5, 5.41) is 7.08. The molecule has 3 aromatic carbocycles. The molecule has 0 unspecified atom stereocenters. The van der Waals surface area contributed by atoms with Crippen molar-refractivity contribution in [2.24, 2.45) is 0 Å². The number of carbonyl (C=O) groups excluding carboxylic acids is 1. The smallest absolute Gasteiger partial charge is 0.352 e. The minimum atomic E-state index is -4.45. The summed E-state index contributed by atoms with van der Waals surface area (Å²) in [6, 6.07) is 20.9. The maximum atomic E-state index is 13.0. The predicted molar refractivity (Wildman–Crippen MR) is 124 cm³/mol. The fourth-order valence-corrected chi connectivity index (χ4v) is 3.54. The van der Waals surface area contributed by atoms with E-state index in [9.17, 15) is 18.0 Å². The highest BCUT2D eigenvalue weighted by molar-refractivity contribution is 6.30. The number of nitrogens with zero attached hydrogens (tertiary/aromatic N) is 1. The van der Waals surface area contributed by atoms with Gasteiger partial charge in [-0.05, 0) is 54.4 Å². The maximum absolute atomic E-state index is 13.0. The van der Waals surface area contributed by atoms with E-state index in [2.05, 4.69) is 15.6 Å². The number of pyridine rings is 1. The Balaban J connectivity index is 1.56. The average Bonchev–Trinajstić information content (AvgIpc) is 2.79.